The molecule has 1 heterocycles. The molecule has 6 heteroatoms. The molecular formula is C22H27ClN4O. The molecule has 5 nitrogen and oxygen atoms in total. The number of nitrogens with zero attached hydrogens (tertiary/aromatic N) is 2. The number of aryl methyl sites for hydroxylation is 1. The van der Waals surface area contributed by atoms with Crippen molar-refractivity contribution in [1.29, 1.82) is 0 Å². The van der Waals surface area contributed by atoms with Crippen molar-refractivity contribution >= 4 is 23.3 Å². The van der Waals surface area contributed by atoms with Gasteiger partial charge in [0.2, 0.25) is 5.91 Å². The predicted octanol–water partition coefficient (Wildman–Crippen LogP) is 4.54. The lowest BCUT2D eigenvalue weighted by Crippen LogP contribution is -2.39. The Kier molecular flexibility index (Phi) is 5.81. The summed E-state index contributed by atoms with van der Waals surface area (Å²) in [5, 5.41) is 7.48. The number of carbonyl (C=O) groups is 1. The van der Waals surface area contributed by atoms with E-state index < -0.39 is 0 Å². The van der Waals surface area contributed by atoms with Crippen LogP contribution in [0.25, 0.3) is 11.4 Å². The number of benzene rings is 1. The molecule has 0 spiro atoms. The average Bonchev–Trinajstić information content (AvgIpc) is 2.69. The molecule has 1 aromatic heterocycles. The van der Waals surface area contributed by atoms with E-state index in [0.717, 1.165) is 60.8 Å². The first-order valence-electron chi connectivity index (χ1n) is 10.3. The Morgan fingerprint density at radius 3 is 2.39 bits per heavy atom. The van der Waals surface area contributed by atoms with Gasteiger partial charge in [0.25, 0.3) is 0 Å². The molecule has 4 rings (SSSR count). The highest BCUT2D eigenvalue weighted by atomic mass is 35.5. The van der Waals surface area contributed by atoms with Gasteiger partial charge in [-0.25, -0.2) is 9.97 Å². The Bertz CT molecular complexity index is 844. The van der Waals surface area contributed by atoms with E-state index in [4.69, 9.17) is 21.6 Å². The van der Waals surface area contributed by atoms with Crippen molar-refractivity contribution in [3.8, 4) is 11.4 Å². The first-order valence-corrected chi connectivity index (χ1v) is 10.7. The number of hydrogen-bond donors (Lipinski definition) is 2. The summed E-state index contributed by atoms with van der Waals surface area (Å²) >= 11 is 6.04. The molecule has 2 aromatic rings. The largest absolute Gasteiger partial charge is 0.367 e. The molecule has 1 fully saturated rings. The van der Waals surface area contributed by atoms with Crippen molar-refractivity contribution in [3.63, 3.8) is 0 Å². The average molecular weight is 399 g/mol. The van der Waals surface area contributed by atoms with Crippen LogP contribution in [0.15, 0.2) is 24.3 Å². The SMILES string of the molecule is CC(=O)N[C@H]1CC[C@H](Nc2nc(-c3ccc(Cl)cc3)nc3c2CCCC3)CC1. The number of amides is 1. The second-order valence-electron chi connectivity index (χ2n) is 7.93. The van der Waals surface area contributed by atoms with E-state index in [1.54, 1.807) is 6.92 Å². The molecular weight excluding hydrogens is 372 g/mol. The monoisotopic (exact) mass is 398 g/mol. The second kappa shape index (κ2) is 8.48. The Balaban J connectivity index is 1.55. The highest BCUT2D eigenvalue weighted by Crippen LogP contribution is 2.31. The van der Waals surface area contributed by atoms with E-state index in [2.05, 4.69) is 10.6 Å². The third-order valence-corrected chi connectivity index (χ3v) is 6.01. The van der Waals surface area contributed by atoms with E-state index in [0.29, 0.717) is 12.1 Å². The Hall–Kier alpha value is -2.14. The van der Waals surface area contributed by atoms with Gasteiger partial charge in [-0.05, 0) is 75.6 Å². The van der Waals surface area contributed by atoms with Crippen molar-refractivity contribution in [3.05, 3.63) is 40.5 Å². The number of hydrogen-bond acceptors (Lipinski definition) is 4. The summed E-state index contributed by atoms with van der Waals surface area (Å²) in [6.07, 6.45) is 8.54. The van der Waals surface area contributed by atoms with E-state index in [1.807, 2.05) is 24.3 Å². The Morgan fingerprint density at radius 1 is 1.00 bits per heavy atom. The van der Waals surface area contributed by atoms with Crippen LogP contribution in [0.4, 0.5) is 5.82 Å². The topological polar surface area (TPSA) is 66.9 Å². The summed E-state index contributed by atoms with van der Waals surface area (Å²) in [6.45, 7) is 1.59. The number of carbonyl (C=O) groups excluding carboxylic acids is 1. The van der Waals surface area contributed by atoms with Gasteiger partial charge in [-0.15, -0.1) is 0 Å². The molecule has 148 valence electrons. The van der Waals surface area contributed by atoms with Gasteiger partial charge >= 0.3 is 0 Å². The number of fused-ring (bicyclic) bond motifs is 1. The molecule has 1 amide bonds. The van der Waals surface area contributed by atoms with Crippen molar-refractivity contribution in [2.75, 3.05) is 5.32 Å². The molecule has 1 aromatic carbocycles. The quantitative estimate of drug-likeness (QED) is 0.793. The minimum atomic E-state index is 0.0638. The second-order valence-corrected chi connectivity index (χ2v) is 8.36. The lowest BCUT2D eigenvalue weighted by Gasteiger charge is -2.31. The van der Waals surface area contributed by atoms with Gasteiger partial charge in [-0.3, -0.25) is 4.79 Å². The van der Waals surface area contributed by atoms with Gasteiger partial charge in [-0.2, -0.15) is 0 Å². The van der Waals surface area contributed by atoms with Crippen LogP contribution in [-0.4, -0.2) is 28.0 Å². The third kappa shape index (κ3) is 4.46. The zero-order chi connectivity index (χ0) is 19.5. The summed E-state index contributed by atoms with van der Waals surface area (Å²) < 4.78 is 0. The molecule has 0 atom stereocenters. The fraction of sp³-hybridized carbons (Fsp3) is 0.500. The maximum atomic E-state index is 11.3. The number of rotatable bonds is 4. The van der Waals surface area contributed by atoms with E-state index in [-0.39, 0.29) is 5.91 Å². The highest BCUT2D eigenvalue weighted by Gasteiger charge is 2.24. The van der Waals surface area contributed by atoms with Crippen LogP contribution in [0.5, 0.6) is 0 Å². The zero-order valence-electron chi connectivity index (χ0n) is 16.3. The zero-order valence-corrected chi connectivity index (χ0v) is 17.1. The number of nitrogens with one attached hydrogen (secondary N) is 2. The molecule has 2 aliphatic rings. The smallest absolute Gasteiger partial charge is 0.217 e. The maximum Gasteiger partial charge on any atom is 0.217 e. The van der Waals surface area contributed by atoms with Crippen molar-refractivity contribution in [1.82, 2.24) is 15.3 Å². The van der Waals surface area contributed by atoms with Gasteiger partial charge < -0.3 is 10.6 Å². The fourth-order valence-corrected chi connectivity index (χ4v) is 4.43. The normalized spacial score (nSPS) is 21.6. The minimum absolute atomic E-state index is 0.0638. The summed E-state index contributed by atoms with van der Waals surface area (Å²) in [4.78, 5) is 21.1. The maximum absolute atomic E-state index is 11.3. The molecule has 1 saturated carbocycles. The van der Waals surface area contributed by atoms with Crippen LogP contribution in [0.3, 0.4) is 0 Å². The lowest BCUT2D eigenvalue weighted by atomic mass is 9.90. The van der Waals surface area contributed by atoms with Crippen LogP contribution in [-0.2, 0) is 17.6 Å². The molecule has 0 saturated heterocycles. The highest BCUT2D eigenvalue weighted by molar-refractivity contribution is 6.30. The van der Waals surface area contributed by atoms with Crippen LogP contribution >= 0.6 is 11.6 Å². The minimum Gasteiger partial charge on any atom is -0.367 e. The van der Waals surface area contributed by atoms with Crippen LogP contribution in [0.2, 0.25) is 5.02 Å². The van der Waals surface area contributed by atoms with Crippen LogP contribution in [0, 0.1) is 0 Å². The summed E-state index contributed by atoms with van der Waals surface area (Å²) in [5.74, 6) is 1.83. The molecule has 0 radical (unpaired) electrons. The Morgan fingerprint density at radius 2 is 1.68 bits per heavy atom. The molecule has 2 aliphatic carbocycles. The van der Waals surface area contributed by atoms with Gasteiger partial charge in [-0.1, -0.05) is 11.6 Å². The number of anilines is 1. The standard InChI is InChI=1S/C22H27ClN4O/c1-14(28)24-17-10-12-18(13-11-17)25-22-19-4-2-3-5-20(19)26-21(27-22)15-6-8-16(23)9-7-15/h6-9,17-18H,2-5,10-13H2,1H3,(H,24,28)(H,25,26,27)/t17-,18-. The molecule has 0 unspecified atom stereocenters. The third-order valence-electron chi connectivity index (χ3n) is 5.76. The lowest BCUT2D eigenvalue weighted by molar-refractivity contribution is -0.119. The molecule has 2 N–H and O–H groups in total. The summed E-state index contributed by atoms with van der Waals surface area (Å²) in [6, 6.07) is 8.43. The van der Waals surface area contributed by atoms with E-state index >= 15 is 0 Å². The Labute approximate surface area is 171 Å². The number of aromatic nitrogens is 2. The van der Waals surface area contributed by atoms with Crippen LogP contribution < -0.4 is 10.6 Å². The van der Waals surface area contributed by atoms with E-state index in [9.17, 15) is 4.79 Å². The van der Waals surface area contributed by atoms with Gasteiger partial charge in [0.1, 0.15) is 5.82 Å². The number of halogens is 1. The summed E-state index contributed by atoms with van der Waals surface area (Å²) in [7, 11) is 0. The molecule has 0 aliphatic heterocycles. The molecule has 0 bridgehead atoms. The molecule has 28 heavy (non-hydrogen) atoms. The van der Waals surface area contributed by atoms with E-state index in [1.165, 1.54) is 24.1 Å². The van der Waals surface area contributed by atoms with Crippen molar-refractivity contribution in [2.24, 2.45) is 0 Å². The van der Waals surface area contributed by atoms with Gasteiger partial charge in [0, 0.05) is 40.9 Å². The predicted molar refractivity (Wildman–Crippen MR) is 113 cm³/mol. The van der Waals surface area contributed by atoms with Gasteiger partial charge in [0.15, 0.2) is 5.82 Å². The van der Waals surface area contributed by atoms with Gasteiger partial charge in [0.05, 0.1) is 0 Å². The summed E-state index contributed by atoms with van der Waals surface area (Å²) in [5.41, 5.74) is 3.46. The fourth-order valence-electron chi connectivity index (χ4n) is 4.30. The van der Waals surface area contributed by atoms with Crippen LogP contribution in [0.1, 0.15) is 56.7 Å². The first kappa shape index (κ1) is 19.2. The van der Waals surface area contributed by atoms with Crippen molar-refractivity contribution < 1.29 is 4.79 Å². The van der Waals surface area contributed by atoms with Crippen molar-refractivity contribution in [2.45, 2.75) is 70.4 Å². The first-order chi connectivity index (χ1) is 13.6.